The van der Waals surface area contributed by atoms with Crippen LogP contribution in [0.15, 0.2) is 42.5 Å². The molecule has 0 aromatic heterocycles. The molecule has 0 amide bonds. The third kappa shape index (κ3) is 2.42. The topological polar surface area (TPSA) is 35.5 Å². The van der Waals surface area contributed by atoms with Gasteiger partial charge in [0, 0.05) is 10.8 Å². The smallest absolute Gasteiger partial charge is 0.437 e. The van der Waals surface area contributed by atoms with Crippen molar-refractivity contribution in [2.75, 3.05) is 7.11 Å². The minimum absolute atomic E-state index is 0.554. The zero-order valence-electron chi connectivity index (χ0n) is 12.3. The van der Waals surface area contributed by atoms with E-state index < -0.39 is 6.16 Å². The molecule has 3 aromatic carbocycles. The highest BCUT2D eigenvalue weighted by Crippen LogP contribution is 2.36. The predicted octanol–water partition coefficient (Wildman–Crippen LogP) is 4.76. The molecule has 3 aromatic rings. The van der Waals surface area contributed by atoms with Crippen molar-refractivity contribution in [2.24, 2.45) is 0 Å². The van der Waals surface area contributed by atoms with Gasteiger partial charge >= 0.3 is 6.16 Å². The summed E-state index contributed by atoms with van der Waals surface area (Å²) in [7, 11) is 1.31. The van der Waals surface area contributed by atoms with Crippen molar-refractivity contribution in [1.82, 2.24) is 0 Å². The van der Waals surface area contributed by atoms with E-state index in [1.165, 1.54) is 7.11 Å². The van der Waals surface area contributed by atoms with Crippen LogP contribution in [0.2, 0.25) is 0 Å². The first-order chi connectivity index (χ1) is 10.1. The molecule has 0 saturated carbocycles. The number of fused-ring (bicyclic) bond motifs is 2. The van der Waals surface area contributed by atoms with Crippen LogP contribution in [-0.4, -0.2) is 13.3 Å². The molecular weight excluding hydrogens is 264 g/mol. The van der Waals surface area contributed by atoms with E-state index in [2.05, 4.69) is 16.9 Å². The van der Waals surface area contributed by atoms with E-state index in [-0.39, 0.29) is 0 Å². The Morgan fingerprint density at radius 2 is 1.57 bits per heavy atom. The van der Waals surface area contributed by atoms with Gasteiger partial charge in [0.15, 0.2) is 0 Å². The lowest BCUT2D eigenvalue weighted by atomic mass is 9.99. The van der Waals surface area contributed by atoms with Gasteiger partial charge in [-0.3, -0.25) is 0 Å². The quantitative estimate of drug-likeness (QED) is 0.366. The Hall–Kier alpha value is -2.55. The SMILES string of the molecule is COC(=O)Oc1c2ccc(C)cc2cc2ccc(C)cc12. The number of carbonyl (C=O) groups is 1. The molecule has 106 valence electrons. The average molecular weight is 280 g/mol. The van der Waals surface area contributed by atoms with Gasteiger partial charge in [0.05, 0.1) is 7.11 Å². The molecule has 0 spiro atoms. The summed E-state index contributed by atoms with van der Waals surface area (Å²) in [6.07, 6.45) is -0.703. The molecule has 3 nitrogen and oxygen atoms in total. The van der Waals surface area contributed by atoms with Crippen molar-refractivity contribution < 1.29 is 14.3 Å². The number of ether oxygens (including phenoxy) is 2. The number of hydrogen-bond acceptors (Lipinski definition) is 3. The second-order valence-electron chi connectivity index (χ2n) is 5.21. The number of aryl methyl sites for hydroxylation is 2. The van der Waals surface area contributed by atoms with Gasteiger partial charge < -0.3 is 9.47 Å². The Kier molecular flexibility index (Phi) is 3.26. The fourth-order valence-electron chi connectivity index (χ4n) is 2.55. The molecule has 0 heterocycles. The van der Waals surface area contributed by atoms with Crippen LogP contribution in [0.3, 0.4) is 0 Å². The fraction of sp³-hybridized carbons (Fsp3) is 0.167. The molecular formula is C18H16O3. The Balaban J connectivity index is 2.39. The van der Waals surface area contributed by atoms with E-state index in [4.69, 9.17) is 4.74 Å². The van der Waals surface area contributed by atoms with Crippen LogP contribution in [0.4, 0.5) is 4.79 Å². The Morgan fingerprint density at radius 3 is 2.33 bits per heavy atom. The molecule has 3 heteroatoms. The predicted molar refractivity (Wildman–Crippen MR) is 84.0 cm³/mol. The molecule has 0 aliphatic carbocycles. The monoisotopic (exact) mass is 280 g/mol. The summed E-state index contributed by atoms with van der Waals surface area (Å²) in [6, 6.07) is 14.3. The first-order valence-electron chi connectivity index (χ1n) is 6.78. The van der Waals surface area contributed by atoms with Crippen LogP contribution in [0.5, 0.6) is 5.75 Å². The Labute approximate surface area is 123 Å². The summed E-state index contributed by atoms with van der Waals surface area (Å²) in [6.45, 7) is 4.06. The highest BCUT2D eigenvalue weighted by atomic mass is 16.7. The molecule has 0 fully saturated rings. The number of carbonyl (C=O) groups excluding carboxylic acids is 1. The van der Waals surface area contributed by atoms with E-state index in [9.17, 15) is 4.79 Å². The van der Waals surface area contributed by atoms with Crippen molar-refractivity contribution in [2.45, 2.75) is 13.8 Å². The minimum Gasteiger partial charge on any atom is -0.437 e. The molecule has 0 unspecified atom stereocenters. The summed E-state index contributed by atoms with van der Waals surface area (Å²) in [5.41, 5.74) is 2.28. The molecule has 0 aliphatic heterocycles. The van der Waals surface area contributed by atoms with Crippen molar-refractivity contribution in [3.05, 3.63) is 53.6 Å². The summed E-state index contributed by atoms with van der Waals surface area (Å²) in [5, 5.41) is 3.91. The summed E-state index contributed by atoms with van der Waals surface area (Å²) in [4.78, 5) is 11.6. The third-order valence-corrected chi connectivity index (χ3v) is 3.57. The van der Waals surface area contributed by atoms with Gasteiger partial charge in [-0.2, -0.15) is 0 Å². The fourth-order valence-corrected chi connectivity index (χ4v) is 2.55. The first-order valence-corrected chi connectivity index (χ1v) is 6.78. The zero-order valence-corrected chi connectivity index (χ0v) is 12.3. The lowest BCUT2D eigenvalue weighted by Crippen LogP contribution is -2.08. The van der Waals surface area contributed by atoms with Gasteiger partial charge in [-0.25, -0.2) is 4.79 Å². The van der Waals surface area contributed by atoms with Crippen molar-refractivity contribution in [1.29, 1.82) is 0 Å². The first kappa shape index (κ1) is 13.4. The van der Waals surface area contributed by atoms with Gasteiger partial charge in [0.25, 0.3) is 0 Å². The normalized spacial score (nSPS) is 10.8. The van der Waals surface area contributed by atoms with Gasteiger partial charge in [0.1, 0.15) is 5.75 Å². The van der Waals surface area contributed by atoms with Crippen LogP contribution in [0.25, 0.3) is 21.5 Å². The van der Waals surface area contributed by atoms with Crippen LogP contribution in [0, 0.1) is 13.8 Å². The van der Waals surface area contributed by atoms with Crippen molar-refractivity contribution in [3.63, 3.8) is 0 Å². The number of rotatable bonds is 1. The van der Waals surface area contributed by atoms with Crippen LogP contribution in [0.1, 0.15) is 11.1 Å². The van der Waals surface area contributed by atoms with E-state index >= 15 is 0 Å². The van der Waals surface area contributed by atoms with Crippen LogP contribution >= 0.6 is 0 Å². The van der Waals surface area contributed by atoms with E-state index in [0.29, 0.717) is 5.75 Å². The van der Waals surface area contributed by atoms with Crippen LogP contribution in [-0.2, 0) is 4.74 Å². The van der Waals surface area contributed by atoms with Gasteiger partial charge in [-0.15, -0.1) is 0 Å². The number of methoxy groups -OCH3 is 1. The molecule has 0 N–H and O–H groups in total. The highest BCUT2D eigenvalue weighted by Gasteiger charge is 2.13. The largest absolute Gasteiger partial charge is 0.513 e. The Bertz CT molecular complexity index is 850. The molecule has 0 saturated heterocycles. The van der Waals surface area contributed by atoms with Crippen molar-refractivity contribution in [3.8, 4) is 5.75 Å². The minimum atomic E-state index is -0.703. The molecule has 3 rings (SSSR count). The number of benzene rings is 3. The standard InChI is InChI=1S/C18H16O3/c1-11-5-7-15-14(8-11)10-13-6-4-12(2)9-16(13)17(15)21-18(19)20-3/h4-10H,1-3H3. The zero-order chi connectivity index (χ0) is 15.0. The molecule has 21 heavy (non-hydrogen) atoms. The van der Waals surface area contributed by atoms with Crippen molar-refractivity contribution >= 4 is 27.7 Å². The maximum Gasteiger partial charge on any atom is 0.513 e. The average Bonchev–Trinajstić information content (AvgIpc) is 2.47. The third-order valence-electron chi connectivity index (χ3n) is 3.57. The molecule has 0 bridgehead atoms. The van der Waals surface area contributed by atoms with Gasteiger partial charge in [-0.1, -0.05) is 41.5 Å². The lowest BCUT2D eigenvalue weighted by Gasteiger charge is -2.12. The summed E-state index contributed by atoms with van der Waals surface area (Å²) >= 11 is 0. The summed E-state index contributed by atoms with van der Waals surface area (Å²) in [5.74, 6) is 0.554. The van der Waals surface area contributed by atoms with Crippen LogP contribution < -0.4 is 4.74 Å². The molecule has 0 atom stereocenters. The molecule has 0 aliphatic rings. The van der Waals surface area contributed by atoms with Gasteiger partial charge in [0.2, 0.25) is 0 Å². The second-order valence-corrected chi connectivity index (χ2v) is 5.21. The van der Waals surface area contributed by atoms with E-state index in [1.54, 1.807) is 0 Å². The Morgan fingerprint density at radius 1 is 0.857 bits per heavy atom. The maximum atomic E-state index is 11.6. The van der Waals surface area contributed by atoms with E-state index in [0.717, 1.165) is 32.7 Å². The lowest BCUT2D eigenvalue weighted by molar-refractivity contribution is 0.122. The summed E-state index contributed by atoms with van der Waals surface area (Å²) < 4.78 is 10.1. The number of hydrogen-bond donors (Lipinski definition) is 0. The molecule has 0 radical (unpaired) electrons. The second kappa shape index (κ2) is 5.09. The van der Waals surface area contributed by atoms with Gasteiger partial charge in [-0.05, 0) is 36.8 Å². The maximum absolute atomic E-state index is 11.6. The highest BCUT2D eigenvalue weighted by molar-refractivity contribution is 6.06. The van der Waals surface area contributed by atoms with E-state index in [1.807, 2.05) is 44.2 Å².